The number of hydrogen-bond donors (Lipinski definition) is 1. The van der Waals surface area contributed by atoms with Crippen LogP contribution in [-0.2, 0) is 14.8 Å². The molecule has 0 radical (unpaired) electrons. The fraction of sp³-hybridized carbons (Fsp3) is 0.417. The van der Waals surface area contributed by atoms with E-state index in [9.17, 15) is 13.2 Å². The van der Waals surface area contributed by atoms with Crippen molar-refractivity contribution in [3.63, 3.8) is 0 Å². The molecule has 8 heteroatoms. The second-order valence-corrected chi connectivity index (χ2v) is 6.67. The van der Waals surface area contributed by atoms with E-state index in [-0.39, 0.29) is 29.6 Å². The molecule has 1 aromatic rings. The molecule has 20 heavy (non-hydrogen) atoms. The zero-order valence-electron chi connectivity index (χ0n) is 11.1. The van der Waals surface area contributed by atoms with E-state index < -0.39 is 16.1 Å². The van der Waals surface area contributed by atoms with Crippen molar-refractivity contribution >= 4 is 27.5 Å². The molecule has 1 heterocycles. The first-order valence-electron chi connectivity index (χ1n) is 6.01. The van der Waals surface area contributed by atoms with Gasteiger partial charge in [0.1, 0.15) is 16.7 Å². The van der Waals surface area contributed by atoms with Crippen LogP contribution in [0.1, 0.15) is 6.92 Å². The summed E-state index contributed by atoms with van der Waals surface area (Å²) >= 11 is 5.83. The Morgan fingerprint density at radius 2 is 2.15 bits per heavy atom. The van der Waals surface area contributed by atoms with Crippen molar-refractivity contribution in [2.75, 3.05) is 20.2 Å². The molecule has 1 unspecified atom stereocenters. The summed E-state index contributed by atoms with van der Waals surface area (Å²) in [7, 11) is -2.44. The molecule has 0 bridgehead atoms. The lowest BCUT2D eigenvalue weighted by molar-refractivity contribution is -0.126. The molecule has 1 aromatic carbocycles. The van der Waals surface area contributed by atoms with Gasteiger partial charge in [0.2, 0.25) is 15.9 Å². The van der Waals surface area contributed by atoms with Crippen LogP contribution in [0, 0.1) is 0 Å². The molecule has 0 saturated carbocycles. The second kappa shape index (κ2) is 5.59. The molecular formula is C12H15ClN2O4S. The summed E-state index contributed by atoms with van der Waals surface area (Å²) in [6, 6.07) is 3.54. The number of methoxy groups -OCH3 is 1. The summed E-state index contributed by atoms with van der Waals surface area (Å²) in [4.78, 5) is 11.6. The molecular weight excluding hydrogens is 304 g/mol. The molecule has 0 aromatic heterocycles. The largest absolute Gasteiger partial charge is 0.495 e. The highest BCUT2D eigenvalue weighted by atomic mass is 35.5. The predicted molar refractivity (Wildman–Crippen MR) is 74.4 cm³/mol. The summed E-state index contributed by atoms with van der Waals surface area (Å²) in [6.07, 6.45) is 0. The van der Waals surface area contributed by atoms with Crippen molar-refractivity contribution in [3.8, 4) is 5.75 Å². The van der Waals surface area contributed by atoms with E-state index in [0.717, 1.165) is 4.31 Å². The van der Waals surface area contributed by atoms with Crippen LogP contribution < -0.4 is 10.1 Å². The maximum atomic E-state index is 12.7. The smallest absolute Gasteiger partial charge is 0.247 e. The van der Waals surface area contributed by atoms with Gasteiger partial charge < -0.3 is 10.1 Å². The van der Waals surface area contributed by atoms with E-state index in [4.69, 9.17) is 16.3 Å². The summed E-state index contributed by atoms with van der Waals surface area (Å²) in [5, 5.41) is 3.01. The van der Waals surface area contributed by atoms with Gasteiger partial charge >= 0.3 is 0 Å². The van der Waals surface area contributed by atoms with Gasteiger partial charge in [-0.1, -0.05) is 11.6 Å². The van der Waals surface area contributed by atoms with Crippen LogP contribution in [0.25, 0.3) is 0 Å². The summed E-state index contributed by atoms with van der Waals surface area (Å²) in [6.45, 7) is 2.06. The molecule has 1 N–H and O–H groups in total. The summed E-state index contributed by atoms with van der Waals surface area (Å²) in [5.74, 6) is -0.150. The van der Waals surface area contributed by atoms with Gasteiger partial charge in [-0.15, -0.1) is 0 Å². The van der Waals surface area contributed by atoms with E-state index in [2.05, 4.69) is 5.32 Å². The molecule has 1 aliphatic heterocycles. The van der Waals surface area contributed by atoms with E-state index in [0.29, 0.717) is 5.02 Å². The van der Waals surface area contributed by atoms with Crippen molar-refractivity contribution in [1.82, 2.24) is 9.62 Å². The summed E-state index contributed by atoms with van der Waals surface area (Å²) < 4.78 is 31.6. The standard InChI is InChI=1S/C12H15ClN2O4S/c1-8-12(16)14-5-6-15(8)20(17,18)11-4-3-9(13)7-10(11)19-2/h3-4,7-8H,5-6H2,1-2H3,(H,14,16). The Bertz CT molecular complexity index is 632. The number of amides is 1. The fourth-order valence-electron chi connectivity index (χ4n) is 2.07. The molecule has 1 aliphatic rings. The van der Waals surface area contributed by atoms with Crippen molar-refractivity contribution in [1.29, 1.82) is 0 Å². The maximum absolute atomic E-state index is 12.7. The first kappa shape index (κ1) is 15.1. The van der Waals surface area contributed by atoms with Crippen molar-refractivity contribution in [3.05, 3.63) is 23.2 Å². The van der Waals surface area contributed by atoms with Crippen LogP contribution in [0.3, 0.4) is 0 Å². The van der Waals surface area contributed by atoms with Crippen LogP contribution in [0.5, 0.6) is 5.75 Å². The van der Waals surface area contributed by atoms with Crippen LogP contribution in [-0.4, -0.2) is 44.9 Å². The van der Waals surface area contributed by atoms with Crippen molar-refractivity contribution in [2.45, 2.75) is 17.9 Å². The Kier molecular flexibility index (Phi) is 4.22. The zero-order valence-corrected chi connectivity index (χ0v) is 12.7. The van der Waals surface area contributed by atoms with Crippen molar-refractivity contribution < 1.29 is 17.9 Å². The number of nitrogens with zero attached hydrogens (tertiary/aromatic N) is 1. The van der Waals surface area contributed by atoms with Crippen molar-refractivity contribution in [2.24, 2.45) is 0 Å². The minimum atomic E-state index is -3.81. The quantitative estimate of drug-likeness (QED) is 0.897. The molecule has 110 valence electrons. The molecule has 1 atom stereocenters. The Labute approximate surface area is 122 Å². The highest BCUT2D eigenvalue weighted by Gasteiger charge is 2.36. The van der Waals surface area contributed by atoms with Gasteiger partial charge in [-0.2, -0.15) is 4.31 Å². The van der Waals surface area contributed by atoms with Crippen LogP contribution >= 0.6 is 11.6 Å². The number of nitrogens with one attached hydrogen (secondary N) is 1. The number of ether oxygens (including phenoxy) is 1. The first-order chi connectivity index (χ1) is 9.37. The third-order valence-electron chi connectivity index (χ3n) is 3.16. The van der Waals surface area contributed by atoms with Gasteiger partial charge in [-0.05, 0) is 19.1 Å². The Hall–Kier alpha value is -1.31. The fourth-order valence-corrected chi connectivity index (χ4v) is 3.97. The van der Waals surface area contributed by atoms with Gasteiger partial charge in [0, 0.05) is 24.2 Å². The molecule has 2 rings (SSSR count). The number of carbonyl (C=O) groups is 1. The molecule has 6 nitrogen and oxygen atoms in total. The first-order valence-corrected chi connectivity index (χ1v) is 7.83. The number of benzene rings is 1. The number of hydrogen-bond acceptors (Lipinski definition) is 4. The van der Waals surface area contributed by atoms with Gasteiger partial charge in [0.15, 0.2) is 0 Å². The SMILES string of the molecule is COc1cc(Cl)ccc1S(=O)(=O)N1CCNC(=O)C1C. The Balaban J connectivity index is 2.47. The molecule has 1 amide bonds. The number of rotatable bonds is 3. The number of halogens is 1. The molecule has 0 aliphatic carbocycles. The summed E-state index contributed by atoms with van der Waals surface area (Å²) in [5.41, 5.74) is 0. The minimum Gasteiger partial charge on any atom is -0.495 e. The molecule has 1 fully saturated rings. The normalized spacial score (nSPS) is 20.6. The maximum Gasteiger partial charge on any atom is 0.247 e. The molecule has 1 saturated heterocycles. The van der Waals surface area contributed by atoms with E-state index in [1.807, 2.05) is 0 Å². The third kappa shape index (κ3) is 2.61. The Morgan fingerprint density at radius 3 is 2.80 bits per heavy atom. The van der Waals surface area contributed by atoms with Gasteiger partial charge in [0.05, 0.1) is 7.11 Å². The van der Waals surface area contributed by atoms with E-state index >= 15 is 0 Å². The minimum absolute atomic E-state index is 0.00551. The number of carbonyl (C=O) groups excluding carboxylic acids is 1. The second-order valence-electron chi connectivity index (χ2n) is 4.38. The zero-order chi connectivity index (χ0) is 14.9. The Morgan fingerprint density at radius 1 is 1.45 bits per heavy atom. The van der Waals surface area contributed by atoms with E-state index in [1.165, 1.54) is 25.3 Å². The topological polar surface area (TPSA) is 75.7 Å². The van der Waals surface area contributed by atoms with Gasteiger partial charge in [-0.25, -0.2) is 8.42 Å². The number of piperazine rings is 1. The van der Waals surface area contributed by atoms with Crippen LogP contribution in [0.4, 0.5) is 0 Å². The van der Waals surface area contributed by atoms with Crippen LogP contribution in [0.15, 0.2) is 23.1 Å². The van der Waals surface area contributed by atoms with E-state index in [1.54, 1.807) is 6.92 Å². The lowest BCUT2D eigenvalue weighted by Crippen LogP contribution is -2.55. The van der Waals surface area contributed by atoms with Crippen LogP contribution in [0.2, 0.25) is 5.02 Å². The highest BCUT2D eigenvalue weighted by Crippen LogP contribution is 2.30. The van der Waals surface area contributed by atoms with Gasteiger partial charge in [0.25, 0.3) is 0 Å². The number of sulfonamides is 1. The third-order valence-corrected chi connectivity index (χ3v) is 5.40. The highest BCUT2D eigenvalue weighted by molar-refractivity contribution is 7.89. The lowest BCUT2D eigenvalue weighted by atomic mass is 10.2. The lowest BCUT2D eigenvalue weighted by Gasteiger charge is -2.32. The monoisotopic (exact) mass is 318 g/mol. The average molecular weight is 319 g/mol. The predicted octanol–water partition coefficient (Wildman–Crippen LogP) is 0.858. The average Bonchev–Trinajstić information content (AvgIpc) is 2.41. The molecule has 0 spiro atoms. The van der Waals surface area contributed by atoms with Gasteiger partial charge in [-0.3, -0.25) is 4.79 Å².